The summed E-state index contributed by atoms with van der Waals surface area (Å²) in [7, 11) is 1.62. The summed E-state index contributed by atoms with van der Waals surface area (Å²) < 4.78 is 8.20. The van der Waals surface area contributed by atoms with Crippen LogP contribution in [0.1, 0.15) is 79.8 Å². The molecule has 3 aromatic rings. The molecular weight excluding hydrogens is 482 g/mol. The maximum atomic E-state index is 12.0. The number of amides is 1. The monoisotopic (exact) mass is 517 g/mol. The highest BCUT2D eigenvalue weighted by atomic mass is 32.1. The van der Waals surface area contributed by atoms with Gasteiger partial charge in [-0.05, 0) is 74.8 Å². The molecule has 1 aliphatic heterocycles. The topological polar surface area (TPSA) is 71.4 Å². The Balaban J connectivity index is 1.61. The van der Waals surface area contributed by atoms with Gasteiger partial charge in [-0.25, -0.2) is 0 Å². The van der Waals surface area contributed by atoms with Crippen molar-refractivity contribution in [2.24, 2.45) is 0 Å². The van der Waals surface area contributed by atoms with Crippen molar-refractivity contribution in [3.63, 3.8) is 0 Å². The Morgan fingerprint density at radius 3 is 2.65 bits per heavy atom. The molecule has 2 atom stereocenters. The maximum Gasteiger partial charge on any atom is 0.224 e. The van der Waals surface area contributed by atoms with Crippen LogP contribution in [-0.4, -0.2) is 27.7 Å². The smallest absolute Gasteiger partial charge is 0.224 e. The van der Waals surface area contributed by atoms with Gasteiger partial charge in [-0.3, -0.25) is 9.78 Å². The van der Waals surface area contributed by atoms with E-state index < -0.39 is 0 Å². The fraction of sp³-hybridized carbons (Fsp3) is 0.414. The first-order chi connectivity index (χ1) is 17.9. The van der Waals surface area contributed by atoms with Crippen molar-refractivity contribution >= 4 is 34.6 Å². The van der Waals surface area contributed by atoms with E-state index in [9.17, 15) is 4.79 Å². The van der Waals surface area contributed by atoms with Crippen molar-refractivity contribution in [2.75, 3.05) is 17.3 Å². The number of carbonyl (C=O) groups is 1. The summed E-state index contributed by atoms with van der Waals surface area (Å²) >= 11 is 5.94. The predicted molar refractivity (Wildman–Crippen MR) is 151 cm³/mol. The first-order valence-electron chi connectivity index (χ1n) is 13.1. The summed E-state index contributed by atoms with van der Waals surface area (Å²) in [6, 6.07) is 14.5. The zero-order valence-electron chi connectivity index (χ0n) is 22.0. The quantitative estimate of drug-likeness (QED) is 0.366. The molecule has 8 heteroatoms. The number of nitrogens with one attached hydrogen (secondary N) is 2. The van der Waals surface area contributed by atoms with Gasteiger partial charge in [0.05, 0.1) is 30.6 Å². The second-order valence-corrected chi connectivity index (χ2v) is 10.3. The zero-order valence-corrected chi connectivity index (χ0v) is 22.8. The second kappa shape index (κ2) is 10.5. The van der Waals surface area contributed by atoms with E-state index in [0.717, 1.165) is 11.4 Å². The van der Waals surface area contributed by atoms with Gasteiger partial charge < -0.3 is 24.8 Å². The molecule has 1 amide bonds. The van der Waals surface area contributed by atoms with Crippen molar-refractivity contribution in [3.8, 4) is 5.75 Å². The highest BCUT2D eigenvalue weighted by molar-refractivity contribution is 7.80. The van der Waals surface area contributed by atoms with Gasteiger partial charge >= 0.3 is 0 Å². The summed E-state index contributed by atoms with van der Waals surface area (Å²) in [5.41, 5.74) is 6.31. The number of carbonyl (C=O) groups excluding carboxylic acids is 1. The third kappa shape index (κ3) is 4.70. The van der Waals surface area contributed by atoms with E-state index >= 15 is 0 Å². The Morgan fingerprint density at radius 2 is 1.97 bits per heavy atom. The summed E-state index contributed by atoms with van der Waals surface area (Å²) in [5.74, 6) is 0.537. The number of aryl methyl sites for hydroxylation is 1. The largest absolute Gasteiger partial charge is 0.494 e. The third-order valence-corrected chi connectivity index (χ3v) is 8.00. The molecule has 194 valence electrons. The van der Waals surface area contributed by atoms with E-state index in [1.54, 1.807) is 7.11 Å². The van der Waals surface area contributed by atoms with Crippen LogP contribution in [0.5, 0.6) is 5.75 Å². The highest BCUT2D eigenvalue weighted by Crippen LogP contribution is 2.46. The van der Waals surface area contributed by atoms with Gasteiger partial charge in [0.2, 0.25) is 5.91 Å². The Bertz CT molecular complexity index is 1300. The fourth-order valence-corrected chi connectivity index (χ4v) is 6.29. The summed E-state index contributed by atoms with van der Waals surface area (Å²) in [4.78, 5) is 18.9. The molecular formula is C29H35N5O2S. The first-order valence-corrected chi connectivity index (χ1v) is 13.5. The molecule has 0 bridgehead atoms. The molecule has 7 nitrogen and oxygen atoms in total. The average Bonchev–Trinajstić information content (AvgIpc) is 3.62. The molecule has 1 aromatic carbocycles. The normalized spacial score (nSPS) is 19.8. The van der Waals surface area contributed by atoms with Crippen LogP contribution in [0.4, 0.5) is 11.4 Å². The van der Waals surface area contributed by atoms with Crippen LogP contribution in [0.25, 0.3) is 0 Å². The Labute approximate surface area is 224 Å². The molecule has 1 aliphatic carbocycles. The summed E-state index contributed by atoms with van der Waals surface area (Å²) in [6.45, 7) is 6.28. The van der Waals surface area contributed by atoms with Crippen LogP contribution in [0.3, 0.4) is 0 Å². The number of nitrogens with zero attached hydrogens (tertiary/aromatic N) is 3. The molecule has 2 aromatic heterocycles. The number of benzene rings is 1. The van der Waals surface area contributed by atoms with Gasteiger partial charge in [0.15, 0.2) is 5.11 Å². The lowest BCUT2D eigenvalue weighted by atomic mass is 9.96. The number of hydrogen-bond donors (Lipinski definition) is 2. The van der Waals surface area contributed by atoms with Gasteiger partial charge in [-0.2, -0.15) is 0 Å². The molecule has 2 aliphatic rings. The van der Waals surface area contributed by atoms with Gasteiger partial charge in [0.25, 0.3) is 0 Å². The van der Waals surface area contributed by atoms with E-state index in [-0.39, 0.29) is 18.0 Å². The lowest BCUT2D eigenvalue weighted by molar-refractivity contribution is -0.115. The van der Waals surface area contributed by atoms with Crippen molar-refractivity contribution in [2.45, 2.75) is 71.0 Å². The number of ether oxygens (including phenoxy) is 1. The van der Waals surface area contributed by atoms with Gasteiger partial charge in [0, 0.05) is 41.8 Å². The van der Waals surface area contributed by atoms with Crippen LogP contribution >= 0.6 is 12.2 Å². The van der Waals surface area contributed by atoms with Gasteiger partial charge in [0.1, 0.15) is 5.75 Å². The van der Waals surface area contributed by atoms with Crippen LogP contribution in [0.2, 0.25) is 0 Å². The van der Waals surface area contributed by atoms with E-state index in [2.05, 4.69) is 46.1 Å². The second-order valence-electron chi connectivity index (χ2n) is 9.92. The fourth-order valence-electron chi connectivity index (χ4n) is 5.95. The van der Waals surface area contributed by atoms with Crippen molar-refractivity contribution in [1.29, 1.82) is 0 Å². The van der Waals surface area contributed by atoms with Crippen molar-refractivity contribution in [1.82, 2.24) is 14.9 Å². The van der Waals surface area contributed by atoms with Crippen LogP contribution in [0, 0.1) is 13.8 Å². The number of aromatic nitrogens is 2. The standard InChI is InChI=1S/C29H35N5O2S/c1-5-26(35)31-23-14-13-21(17-25(23)36-4)34-28(27(32-29(34)37)24-12-8-9-15-30-24)22-16-18(2)33(19(22)3)20-10-6-7-11-20/h8-9,12-17,20,27-28H,5-7,10-11H2,1-4H3,(H,31,35)(H,32,37)/t27-,28+/m1/s1. The molecule has 0 radical (unpaired) electrons. The van der Waals surface area contributed by atoms with Crippen LogP contribution in [-0.2, 0) is 4.79 Å². The lowest BCUT2D eigenvalue weighted by Crippen LogP contribution is -2.29. The zero-order chi connectivity index (χ0) is 26.1. The van der Waals surface area contributed by atoms with E-state index in [1.807, 2.05) is 43.5 Å². The van der Waals surface area contributed by atoms with Crippen molar-refractivity contribution < 1.29 is 9.53 Å². The molecule has 0 unspecified atom stereocenters. The average molecular weight is 518 g/mol. The van der Waals surface area contributed by atoms with E-state index in [1.165, 1.54) is 42.6 Å². The van der Waals surface area contributed by atoms with Crippen LogP contribution < -0.4 is 20.3 Å². The highest BCUT2D eigenvalue weighted by Gasteiger charge is 2.42. The Kier molecular flexibility index (Phi) is 7.20. The number of pyridine rings is 1. The molecule has 1 saturated heterocycles. The maximum absolute atomic E-state index is 12.0. The van der Waals surface area contributed by atoms with Crippen molar-refractivity contribution in [3.05, 3.63) is 71.3 Å². The Morgan fingerprint density at radius 1 is 1.19 bits per heavy atom. The predicted octanol–water partition coefficient (Wildman–Crippen LogP) is 6.15. The molecule has 5 rings (SSSR count). The lowest BCUT2D eigenvalue weighted by Gasteiger charge is -2.29. The number of methoxy groups -OCH3 is 1. The third-order valence-electron chi connectivity index (χ3n) is 7.69. The first kappa shape index (κ1) is 25.3. The molecule has 3 heterocycles. The SMILES string of the molecule is CCC(=O)Nc1ccc(N2C(=S)N[C@H](c3ccccn3)[C@@H]2c2cc(C)n(C3CCCC3)c2C)cc1OC. The summed E-state index contributed by atoms with van der Waals surface area (Å²) in [6.07, 6.45) is 7.26. The number of rotatable bonds is 7. The summed E-state index contributed by atoms with van der Waals surface area (Å²) in [5, 5.41) is 7.12. The van der Waals surface area contributed by atoms with Gasteiger partial charge in [-0.1, -0.05) is 25.8 Å². The minimum absolute atomic E-state index is 0.0585. The molecule has 2 N–H and O–H groups in total. The minimum Gasteiger partial charge on any atom is -0.494 e. The Hall–Kier alpha value is -3.39. The minimum atomic E-state index is -0.114. The van der Waals surface area contributed by atoms with E-state index in [0.29, 0.717) is 29.0 Å². The molecule has 1 saturated carbocycles. The molecule has 2 fully saturated rings. The number of hydrogen-bond acceptors (Lipinski definition) is 4. The number of anilines is 2. The molecule has 0 spiro atoms. The van der Waals surface area contributed by atoms with Gasteiger partial charge in [-0.15, -0.1) is 0 Å². The van der Waals surface area contributed by atoms with E-state index in [4.69, 9.17) is 21.9 Å². The molecule has 37 heavy (non-hydrogen) atoms. The van der Waals surface area contributed by atoms with Crippen LogP contribution in [0.15, 0.2) is 48.7 Å². The number of thiocarbonyl (C=S) groups is 1.